The number of phenols is 2. The minimum Gasteiger partial charge on any atom is -0.507 e. The van der Waals surface area contributed by atoms with Crippen molar-refractivity contribution >= 4 is 11.9 Å². The Morgan fingerprint density at radius 2 is 1.24 bits per heavy atom. The van der Waals surface area contributed by atoms with Crippen molar-refractivity contribution in [2.75, 3.05) is 14.2 Å². The predicted octanol–water partition coefficient (Wildman–Crippen LogP) is 1.96. The minimum atomic E-state index is -0.599. The van der Waals surface area contributed by atoms with Gasteiger partial charge in [-0.15, -0.1) is 0 Å². The number of nitrogens with one attached hydrogen (secondary N) is 1. The van der Waals surface area contributed by atoms with Gasteiger partial charge in [0.2, 0.25) is 0 Å². The van der Waals surface area contributed by atoms with Gasteiger partial charge in [0.25, 0.3) is 0 Å². The number of phenolic OH excluding ortho intramolecular Hbond substituents is 2. The van der Waals surface area contributed by atoms with Gasteiger partial charge in [-0.2, -0.15) is 0 Å². The molecule has 0 aliphatic carbocycles. The number of hydrogen-bond acceptors (Lipinski definition) is 7. The van der Waals surface area contributed by atoms with Crippen molar-refractivity contribution in [1.82, 2.24) is 5.32 Å². The molecule has 2 rings (SSSR count). The van der Waals surface area contributed by atoms with Gasteiger partial charge in [0.05, 0.1) is 14.2 Å². The molecule has 7 nitrogen and oxygen atoms in total. The Bertz CT molecular complexity index is 722. The van der Waals surface area contributed by atoms with Crippen LogP contribution in [-0.2, 0) is 22.6 Å². The quantitative estimate of drug-likeness (QED) is 0.687. The first kappa shape index (κ1) is 18.3. The summed E-state index contributed by atoms with van der Waals surface area (Å²) in [5, 5.41) is 22.8. The fourth-order valence-corrected chi connectivity index (χ4v) is 2.29. The second kappa shape index (κ2) is 8.16. The summed E-state index contributed by atoms with van der Waals surface area (Å²) in [7, 11) is 2.50. The van der Waals surface area contributed by atoms with Crippen LogP contribution in [0.4, 0.5) is 0 Å². The topological polar surface area (TPSA) is 105 Å². The van der Waals surface area contributed by atoms with E-state index in [4.69, 9.17) is 0 Å². The molecule has 2 aromatic carbocycles. The summed E-state index contributed by atoms with van der Waals surface area (Å²) < 4.78 is 9.14. The Morgan fingerprint density at radius 1 is 0.840 bits per heavy atom. The zero-order chi connectivity index (χ0) is 18.4. The number of hydrogen-bond donors (Lipinski definition) is 3. The third-order valence-electron chi connectivity index (χ3n) is 3.59. The van der Waals surface area contributed by atoms with Gasteiger partial charge < -0.3 is 25.0 Å². The first-order valence-corrected chi connectivity index (χ1v) is 7.47. The van der Waals surface area contributed by atoms with Gasteiger partial charge in [-0.05, 0) is 35.4 Å². The van der Waals surface area contributed by atoms with Gasteiger partial charge in [0.1, 0.15) is 22.6 Å². The van der Waals surface area contributed by atoms with Crippen molar-refractivity contribution in [1.29, 1.82) is 0 Å². The lowest BCUT2D eigenvalue weighted by molar-refractivity contribution is 0.0588. The highest BCUT2D eigenvalue weighted by Gasteiger charge is 2.12. The van der Waals surface area contributed by atoms with Gasteiger partial charge >= 0.3 is 11.9 Å². The van der Waals surface area contributed by atoms with Crippen LogP contribution in [0, 0.1) is 0 Å². The molecule has 0 amide bonds. The summed E-state index contributed by atoms with van der Waals surface area (Å²) in [5.41, 5.74) is 1.77. The Kier molecular flexibility index (Phi) is 5.97. The standard InChI is InChI=1S/C18H19NO6/c1-24-17(22)13-5-3-11(7-15(13)20)9-19-10-12-4-6-14(16(21)8-12)18(23)25-2/h3-8,19-21H,9-10H2,1-2H3. The average Bonchev–Trinajstić information content (AvgIpc) is 2.60. The minimum absolute atomic E-state index is 0.106. The molecule has 7 heteroatoms. The van der Waals surface area contributed by atoms with Crippen LogP contribution in [0.2, 0.25) is 0 Å². The van der Waals surface area contributed by atoms with Crippen LogP contribution in [0.3, 0.4) is 0 Å². The van der Waals surface area contributed by atoms with Crippen molar-refractivity contribution in [2.45, 2.75) is 13.1 Å². The van der Waals surface area contributed by atoms with E-state index in [9.17, 15) is 19.8 Å². The second-order valence-electron chi connectivity index (χ2n) is 5.29. The van der Waals surface area contributed by atoms with E-state index in [1.165, 1.54) is 38.5 Å². The van der Waals surface area contributed by atoms with E-state index in [1.807, 2.05) is 0 Å². The Labute approximate surface area is 144 Å². The third-order valence-corrected chi connectivity index (χ3v) is 3.59. The van der Waals surface area contributed by atoms with Gasteiger partial charge in [0, 0.05) is 13.1 Å². The number of ether oxygens (including phenoxy) is 2. The largest absolute Gasteiger partial charge is 0.507 e. The lowest BCUT2D eigenvalue weighted by atomic mass is 10.1. The Morgan fingerprint density at radius 3 is 1.56 bits per heavy atom. The molecule has 0 spiro atoms. The number of esters is 2. The molecule has 0 saturated carbocycles. The average molecular weight is 345 g/mol. The van der Waals surface area contributed by atoms with Gasteiger partial charge in [-0.3, -0.25) is 0 Å². The maximum atomic E-state index is 11.4. The fourth-order valence-electron chi connectivity index (χ4n) is 2.29. The summed E-state index contributed by atoms with van der Waals surface area (Å²) in [5.74, 6) is -1.49. The highest BCUT2D eigenvalue weighted by molar-refractivity contribution is 5.92. The third kappa shape index (κ3) is 4.48. The number of rotatable bonds is 6. The number of carbonyl (C=O) groups excluding carboxylic acids is 2. The molecule has 2 aromatic rings. The molecule has 0 saturated heterocycles. The van der Waals surface area contributed by atoms with Crippen molar-refractivity contribution < 1.29 is 29.3 Å². The fraction of sp³-hybridized carbons (Fsp3) is 0.222. The Hall–Kier alpha value is -3.06. The molecule has 0 bridgehead atoms. The molecule has 0 aliphatic heterocycles. The lowest BCUT2D eigenvalue weighted by Gasteiger charge is -2.09. The molecular weight excluding hydrogens is 326 g/mol. The van der Waals surface area contributed by atoms with Gasteiger partial charge in [-0.25, -0.2) is 9.59 Å². The molecule has 0 aromatic heterocycles. The first-order valence-electron chi connectivity index (χ1n) is 7.47. The molecule has 25 heavy (non-hydrogen) atoms. The zero-order valence-corrected chi connectivity index (χ0v) is 13.9. The highest BCUT2D eigenvalue weighted by Crippen LogP contribution is 2.21. The molecule has 0 heterocycles. The normalized spacial score (nSPS) is 10.3. The number of benzene rings is 2. The van der Waals surface area contributed by atoms with Crippen LogP contribution in [0.1, 0.15) is 31.8 Å². The smallest absolute Gasteiger partial charge is 0.341 e. The maximum absolute atomic E-state index is 11.4. The van der Waals surface area contributed by atoms with Crippen LogP contribution in [-0.4, -0.2) is 36.4 Å². The van der Waals surface area contributed by atoms with Crippen LogP contribution in [0.5, 0.6) is 11.5 Å². The summed E-state index contributed by atoms with van der Waals surface area (Å²) >= 11 is 0. The van der Waals surface area contributed by atoms with E-state index in [1.54, 1.807) is 12.1 Å². The maximum Gasteiger partial charge on any atom is 0.341 e. The van der Waals surface area contributed by atoms with E-state index >= 15 is 0 Å². The highest BCUT2D eigenvalue weighted by atomic mass is 16.5. The van der Waals surface area contributed by atoms with Crippen molar-refractivity contribution in [3.05, 3.63) is 58.7 Å². The molecule has 0 aliphatic rings. The van der Waals surface area contributed by atoms with Gasteiger partial charge in [-0.1, -0.05) is 12.1 Å². The number of aromatic hydroxyl groups is 2. The van der Waals surface area contributed by atoms with E-state index in [0.717, 1.165) is 11.1 Å². The number of carbonyl (C=O) groups is 2. The molecule has 132 valence electrons. The first-order chi connectivity index (χ1) is 12.0. The van der Waals surface area contributed by atoms with Gasteiger partial charge in [0.15, 0.2) is 0 Å². The predicted molar refractivity (Wildman–Crippen MR) is 89.4 cm³/mol. The van der Waals surface area contributed by atoms with Crippen LogP contribution in [0.25, 0.3) is 0 Å². The molecule has 0 unspecified atom stereocenters. The van der Waals surface area contributed by atoms with Crippen LogP contribution in [0.15, 0.2) is 36.4 Å². The summed E-state index contributed by atoms with van der Waals surface area (Å²) in [4.78, 5) is 22.8. The SMILES string of the molecule is COC(=O)c1ccc(CNCc2ccc(C(=O)OC)c(O)c2)cc1O. The Balaban J connectivity index is 1.97. The van der Waals surface area contributed by atoms with Crippen LogP contribution < -0.4 is 5.32 Å². The molecule has 3 N–H and O–H groups in total. The zero-order valence-electron chi connectivity index (χ0n) is 13.9. The summed E-state index contributed by atoms with van der Waals surface area (Å²) in [6.07, 6.45) is 0. The molecule has 0 atom stereocenters. The molecule has 0 fully saturated rings. The summed E-state index contributed by atoms with van der Waals surface area (Å²) in [6, 6.07) is 9.37. The monoisotopic (exact) mass is 345 g/mol. The van der Waals surface area contributed by atoms with Crippen LogP contribution >= 0.6 is 0 Å². The van der Waals surface area contributed by atoms with Crippen molar-refractivity contribution in [3.8, 4) is 11.5 Å². The molecule has 0 radical (unpaired) electrons. The van der Waals surface area contributed by atoms with Crippen molar-refractivity contribution in [3.63, 3.8) is 0 Å². The van der Waals surface area contributed by atoms with E-state index < -0.39 is 11.9 Å². The summed E-state index contributed by atoms with van der Waals surface area (Å²) in [6.45, 7) is 0.878. The van der Waals surface area contributed by atoms with E-state index in [-0.39, 0.29) is 22.6 Å². The van der Waals surface area contributed by atoms with E-state index in [2.05, 4.69) is 14.8 Å². The number of methoxy groups -OCH3 is 2. The lowest BCUT2D eigenvalue weighted by Crippen LogP contribution is -2.13. The van der Waals surface area contributed by atoms with E-state index in [0.29, 0.717) is 13.1 Å². The van der Waals surface area contributed by atoms with Crippen molar-refractivity contribution in [2.24, 2.45) is 0 Å². The second-order valence-corrected chi connectivity index (χ2v) is 5.29. The molecular formula is C18H19NO6.